The smallest absolute Gasteiger partial charge is 0.0304 e. The molecule has 1 heterocycles. The first-order chi connectivity index (χ1) is 9.06. The molecule has 0 bridgehead atoms. The van der Waals surface area contributed by atoms with E-state index in [-0.39, 0.29) is 0 Å². The maximum atomic E-state index is 3.82. The Bertz CT molecular complexity index is 236. The standard InChI is InChI=1S/C16H35N3/c1-6-15-13-17-16(7-2,8-3)14-19(15)12-10-9-11-18(4)5/h15,17H,6-14H2,1-5H3. The molecule has 1 N–H and O–H groups in total. The average Bonchev–Trinajstić information content (AvgIpc) is 2.43. The van der Waals surface area contributed by atoms with Crippen LogP contribution in [-0.4, -0.2) is 61.7 Å². The Morgan fingerprint density at radius 3 is 2.37 bits per heavy atom. The second-order valence-corrected chi connectivity index (χ2v) is 6.41. The molecule has 0 aromatic rings. The Labute approximate surface area is 120 Å². The van der Waals surface area contributed by atoms with E-state index in [4.69, 9.17) is 0 Å². The van der Waals surface area contributed by atoms with Gasteiger partial charge in [-0.1, -0.05) is 20.8 Å². The van der Waals surface area contributed by atoms with Gasteiger partial charge >= 0.3 is 0 Å². The van der Waals surface area contributed by atoms with Crippen LogP contribution in [0.25, 0.3) is 0 Å². The molecule has 1 aliphatic heterocycles. The molecule has 114 valence electrons. The third-order valence-electron chi connectivity index (χ3n) is 4.86. The minimum Gasteiger partial charge on any atom is -0.309 e. The fraction of sp³-hybridized carbons (Fsp3) is 1.00. The van der Waals surface area contributed by atoms with Gasteiger partial charge in [-0.15, -0.1) is 0 Å². The molecule has 0 aliphatic carbocycles. The molecule has 1 fully saturated rings. The zero-order valence-electron chi connectivity index (χ0n) is 13.8. The van der Waals surface area contributed by atoms with Gasteiger partial charge < -0.3 is 10.2 Å². The molecular formula is C16H35N3. The maximum Gasteiger partial charge on any atom is 0.0304 e. The lowest BCUT2D eigenvalue weighted by molar-refractivity contribution is 0.0687. The molecule has 0 radical (unpaired) electrons. The molecule has 1 unspecified atom stereocenters. The molecular weight excluding hydrogens is 234 g/mol. The van der Waals surface area contributed by atoms with Crippen molar-refractivity contribution in [1.29, 1.82) is 0 Å². The van der Waals surface area contributed by atoms with E-state index in [0.717, 1.165) is 6.04 Å². The Hall–Kier alpha value is -0.120. The average molecular weight is 269 g/mol. The van der Waals surface area contributed by atoms with Gasteiger partial charge in [0, 0.05) is 24.7 Å². The number of nitrogens with zero attached hydrogens (tertiary/aromatic N) is 2. The van der Waals surface area contributed by atoms with Crippen LogP contribution in [0, 0.1) is 0 Å². The number of hydrogen-bond donors (Lipinski definition) is 1. The number of piperazine rings is 1. The van der Waals surface area contributed by atoms with Gasteiger partial charge in [0.1, 0.15) is 0 Å². The van der Waals surface area contributed by atoms with E-state index in [2.05, 4.69) is 50.0 Å². The van der Waals surface area contributed by atoms with Crippen LogP contribution < -0.4 is 5.32 Å². The first kappa shape index (κ1) is 16.9. The summed E-state index contributed by atoms with van der Waals surface area (Å²) in [6, 6.07) is 0.741. The van der Waals surface area contributed by atoms with Crippen molar-refractivity contribution in [1.82, 2.24) is 15.1 Å². The molecule has 1 atom stereocenters. The second kappa shape index (κ2) is 8.23. The van der Waals surface area contributed by atoms with Gasteiger partial charge in [0.05, 0.1) is 0 Å². The fourth-order valence-electron chi connectivity index (χ4n) is 3.17. The van der Waals surface area contributed by atoms with E-state index in [1.165, 1.54) is 58.3 Å². The fourth-order valence-corrected chi connectivity index (χ4v) is 3.17. The van der Waals surface area contributed by atoms with Crippen molar-refractivity contribution in [3.05, 3.63) is 0 Å². The lowest BCUT2D eigenvalue weighted by atomic mass is 9.88. The summed E-state index contributed by atoms with van der Waals surface area (Å²) in [5.41, 5.74) is 0.368. The second-order valence-electron chi connectivity index (χ2n) is 6.41. The molecule has 0 spiro atoms. The maximum absolute atomic E-state index is 3.82. The van der Waals surface area contributed by atoms with Gasteiger partial charge in [-0.2, -0.15) is 0 Å². The highest BCUT2D eigenvalue weighted by molar-refractivity contribution is 4.96. The zero-order valence-corrected chi connectivity index (χ0v) is 13.8. The molecule has 0 aromatic heterocycles. The number of nitrogens with one attached hydrogen (secondary N) is 1. The minimum atomic E-state index is 0.368. The summed E-state index contributed by atoms with van der Waals surface area (Å²) in [7, 11) is 4.33. The van der Waals surface area contributed by atoms with Crippen molar-refractivity contribution < 1.29 is 0 Å². The predicted molar refractivity (Wildman–Crippen MR) is 84.8 cm³/mol. The lowest BCUT2D eigenvalue weighted by Crippen LogP contribution is -2.63. The Morgan fingerprint density at radius 1 is 1.16 bits per heavy atom. The van der Waals surface area contributed by atoms with Gasteiger partial charge in [0.25, 0.3) is 0 Å². The Morgan fingerprint density at radius 2 is 1.84 bits per heavy atom. The van der Waals surface area contributed by atoms with Gasteiger partial charge in [0.15, 0.2) is 0 Å². The van der Waals surface area contributed by atoms with Crippen LogP contribution in [-0.2, 0) is 0 Å². The van der Waals surface area contributed by atoms with Crippen molar-refractivity contribution >= 4 is 0 Å². The van der Waals surface area contributed by atoms with Gasteiger partial charge in [-0.3, -0.25) is 4.90 Å². The Balaban J connectivity index is 2.46. The summed E-state index contributed by atoms with van der Waals surface area (Å²) in [6.45, 7) is 11.9. The third kappa shape index (κ3) is 5.05. The van der Waals surface area contributed by atoms with E-state index in [1.54, 1.807) is 0 Å². The molecule has 3 heteroatoms. The number of hydrogen-bond acceptors (Lipinski definition) is 3. The number of rotatable bonds is 8. The highest BCUT2D eigenvalue weighted by Gasteiger charge is 2.35. The van der Waals surface area contributed by atoms with E-state index in [1.807, 2.05) is 0 Å². The summed E-state index contributed by atoms with van der Waals surface area (Å²) >= 11 is 0. The lowest BCUT2D eigenvalue weighted by Gasteiger charge is -2.47. The molecule has 1 saturated heterocycles. The molecule has 0 aromatic carbocycles. The van der Waals surface area contributed by atoms with Crippen molar-refractivity contribution in [3.8, 4) is 0 Å². The number of unbranched alkanes of at least 4 members (excludes halogenated alkanes) is 1. The first-order valence-corrected chi connectivity index (χ1v) is 8.20. The van der Waals surface area contributed by atoms with Crippen LogP contribution in [0.2, 0.25) is 0 Å². The van der Waals surface area contributed by atoms with E-state index < -0.39 is 0 Å². The van der Waals surface area contributed by atoms with Crippen LogP contribution in [0.1, 0.15) is 52.9 Å². The quantitative estimate of drug-likeness (QED) is 0.683. The van der Waals surface area contributed by atoms with Crippen molar-refractivity contribution in [3.63, 3.8) is 0 Å². The normalized spacial score (nSPS) is 24.0. The SMILES string of the molecule is CCC1CNC(CC)(CC)CN1CCCCN(C)C. The summed E-state index contributed by atoms with van der Waals surface area (Å²) in [6.07, 6.45) is 6.41. The molecule has 3 nitrogen and oxygen atoms in total. The summed E-state index contributed by atoms with van der Waals surface area (Å²) in [4.78, 5) is 5.04. The molecule has 0 saturated carbocycles. The van der Waals surface area contributed by atoms with Crippen molar-refractivity contribution in [2.45, 2.75) is 64.5 Å². The van der Waals surface area contributed by atoms with Crippen LogP contribution in [0.15, 0.2) is 0 Å². The largest absolute Gasteiger partial charge is 0.309 e. The van der Waals surface area contributed by atoms with Crippen LogP contribution in [0.3, 0.4) is 0 Å². The highest BCUT2D eigenvalue weighted by atomic mass is 15.2. The molecule has 19 heavy (non-hydrogen) atoms. The van der Waals surface area contributed by atoms with Crippen LogP contribution in [0.4, 0.5) is 0 Å². The first-order valence-electron chi connectivity index (χ1n) is 8.20. The van der Waals surface area contributed by atoms with Crippen molar-refractivity contribution in [2.75, 3.05) is 40.3 Å². The molecule has 0 amide bonds. The summed E-state index contributed by atoms with van der Waals surface area (Å²) < 4.78 is 0. The Kier molecular flexibility index (Phi) is 7.33. The third-order valence-corrected chi connectivity index (χ3v) is 4.86. The van der Waals surface area contributed by atoms with Crippen LogP contribution >= 0.6 is 0 Å². The minimum absolute atomic E-state index is 0.368. The van der Waals surface area contributed by atoms with Gasteiger partial charge in [-0.25, -0.2) is 0 Å². The predicted octanol–water partition coefficient (Wildman–Crippen LogP) is 2.57. The van der Waals surface area contributed by atoms with Gasteiger partial charge in [0.2, 0.25) is 0 Å². The summed E-state index contributed by atoms with van der Waals surface area (Å²) in [5.74, 6) is 0. The van der Waals surface area contributed by atoms with Gasteiger partial charge in [-0.05, 0) is 59.3 Å². The van der Waals surface area contributed by atoms with Crippen LogP contribution in [0.5, 0.6) is 0 Å². The summed E-state index contributed by atoms with van der Waals surface area (Å²) in [5, 5.41) is 3.82. The van der Waals surface area contributed by atoms with E-state index in [9.17, 15) is 0 Å². The zero-order chi connectivity index (χ0) is 14.3. The monoisotopic (exact) mass is 269 g/mol. The van der Waals surface area contributed by atoms with E-state index >= 15 is 0 Å². The highest BCUT2D eigenvalue weighted by Crippen LogP contribution is 2.24. The molecule has 1 rings (SSSR count). The molecule has 1 aliphatic rings. The van der Waals surface area contributed by atoms with E-state index in [0.29, 0.717) is 5.54 Å². The topological polar surface area (TPSA) is 18.5 Å². The van der Waals surface area contributed by atoms with Crippen molar-refractivity contribution in [2.24, 2.45) is 0 Å².